The maximum absolute atomic E-state index is 12.0. The molecule has 0 aliphatic heterocycles. The highest BCUT2D eigenvalue weighted by Crippen LogP contribution is 2.24. The summed E-state index contributed by atoms with van der Waals surface area (Å²) in [6.07, 6.45) is 0.0353. The highest BCUT2D eigenvalue weighted by atomic mass is 16.5. The van der Waals surface area contributed by atoms with Crippen molar-refractivity contribution in [1.29, 1.82) is 0 Å². The smallest absolute Gasteiger partial charge is 0.352 e. The lowest BCUT2D eigenvalue weighted by atomic mass is 10.0. The van der Waals surface area contributed by atoms with Gasteiger partial charge in [0.2, 0.25) is 0 Å². The number of carboxylic acid groups (broad SMARTS) is 2. The second-order valence-corrected chi connectivity index (χ2v) is 9.11. The highest BCUT2D eigenvalue weighted by molar-refractivity contribution is 5.95. The molecule has 2 atom stereocenters. The van der Waals surface area contributed by atoms with Crippen LogP contribution in [0.25, 0.3) is 10.9 Å². The first-order valence-corrected chi connectivity index (χ1v) is 12.1. The number of carboxylic acids is 2. The fraction of sp³-hybridized carbons (Fsp3) is 0.241. The van der Waals surface area contributed by atoms with Crippen LogP contribution in [0.1, 0.15) is 38.9 Å². The van der Waals surface area contributed by atoms with Crippen LogP contribution in [-0.4, -0.2) is 57.1 Å². The first-order valence-electron chi connectivity index (χ1n) is 12.1. The molecule has 0 saturated carbocycles. The molecule has 8 nitrogen and oxygen atoms in total. The maximum Gasteiger partial charge on any atom is 0.352 e. The summed E-state index contributed by atoms with van der Waals surface area (Å²) in [4.78, 5) is 23.3. The number of nitrogens with one attached hydrogen (secondary N) is 1. The topological polar surface area (TPSA) is 121 Å². The van der Waals surface area contributed by atoms with Gasteiger partial charge in [-0.3, -0.25) is 0 Å². The van der Waals surface area contributed by atoms with E-state index in [2.05, 4.69) is 5.32 Å². The fourth-order valence-corrected chi connectivity index (χ4v) is 4.31. The van der Waals surface area contributed by atoms with E-state index in [-0.39, 0.29) is 30.5 Å². The number of aliphatic hydroxyl groups is 1. The minimum absolute atomic E-state index is 0.0728. The number of aromatic carboxylic acids is 2. The summed E-state index contributed by atoms with van der Waals surface area (Å²) in [5.41, 5.74) is 2.80. The summed E-state index contributed by atoms with van der Waals surface area (Å²) in [7, 11) is 0. The van der Waals surface area contributed by atoms with Gasteiger partial charge in [0.1, 0.15) is 24.2 Å². The van der Waals surface area contributed by atoms with Gasteiger partial charge in [-0.05, 0) is 66.9 Å². The third-order valence-electron chi connectivity index (χ3n) is 6.13. The summed E-state index contributed by atoms with van der Waals surface area (Å²) in [5, 5.41) is 33.4. The second kappa shape index (κ2) is 11.7. The van der Waals surface area contributed by atoms with E-state index < -0.39 is 18.0 Å². The Morgan fingerprint density at radius 3 is 2.43 bits per heavy atom. The number of para-hydroxylation sites is 1. The van der Waals surface area contributed by atoms with E-state index in [0.717, 1.165) is 16.5 Å². The maximum atomic E-state index is 12.0. The van der Waals surface area contributed by atoms with Crippen LogP contribution in [0, 0.1) is 0 Å². The van der Waals surface area contributed by atoms with Gasteiger partial charge in [0, 0.05) is 30.0 Å². The largest absolute Gasteiger partial charge is 0.491 e. The molecule has 1 heterocycles. The number of ether oxygens (including phenoxy) is 1. The molecule has 8 heteroatoms. The molecule has 0 radical (unpaired) electrons. The van der Waals surface area contributed by atoms with Gasteiger partial charge in [0.05, 0.1) is 5.56 Å². The predicted molar refractivity (Wildman–Crippen MR) is 141 cm³/mol. The molecule has 3 aromatic carbocycles. The molecule has 0 fully saturated rings. The molecule has 4 rings (SSSR count). The van der Waals surface area contributed by atoms with Gasteiger partial charge in [0.15, 0.2) is 0 Å². The first-order chi connectivity index (χ1) is 17.8. The molecule has 4 aromatic rings. The quantitative estimate of drug-likeness (QED) is 0.231. The van der Waals surface area contributed by atoms with Gasteiger partial charge in [-0.15, -0.1) is 0 Å². The van der Waals surface area contributed by atoms with Crippen LogP contribution >= 0.6 is 0 Å². The summed E-state index contributed by atoms with van der Waals surface area (Å²) < 4.78 is 7.28. The van der Waals surface area contributed by atoms with Crippen LogP contribution in [-0.2, 0) is 13.0 Å². The zero-order chi connectivity index (χ0) is 26.4. The Balaban J connectivity index is 1.41. The van der Waals surface area contributed by atoms with Gasteiger partial charge < -0.3 is 29.9 Å². The van der Waals surface area contributed by atoms with Crippen molar-refractivity contribution in [3.05, 3.63) is 101 Å². The van der Waals surface area contributed by atoms with Crippen molar-refractivity contribution in [3.8, 4) is 5.75 Å². The zero-order valence-corrected chi connectivity index (χ0v) is 20.5. The molecule has 37 heavy (non-hydrogen) atoms. The molecule has 0 aliphatic carbocycles. The summed E-state index contributed by atoms with van der Waals surface area (Å²) in [5.74, 6) is -1.36. The number of aliphatic hydroxyl groups excluding tert-OH is 1. The van der Waals surface area contributed by atoms with Crippen molar-refractivity contribution >= 4 is 22.8 Å². The number of fused-ring (bicyclic) bond motifs is 1. The fourth-order valence-electron chi connectivity index (χ4n) is 4.31. The standard InChI is InChI=1S/C29H30N2O6/c1-19(30-16-24(32)18-37-25-8-3-2-4-9-25)12-20-10-11-26-23(13-20)15-27(29(35)36)31(26)17-21-6-5-7-22(14-21)28(33)34/h2-11,13-15,19,24,30,32H,12,16-18H2,1H3,(H,33,34)(H,35,36)/t19?,24-/m0/s1. The molecule has 1 aromatic heterocycles. The number of nitrogens with zero attached hydrogens (tertiary/aromatic N) is 1. The van der Waals surface area contributed by atoms with E-state index >= 15 is 0 Å². The summed E-state index contributed by atoms with van der Waals surface area (Å²) >= 11 is 0. The molecule has 192 valence electrons. The molecule has 0 bridgehead atoms. The first kappa shape index (κ1) is 25.9. The molecule has 1 unspecified atom stereocenters. The Morgan fingerprint density at radius 1 is 0.919 bits per heavy atom. The van der Waals surface area contributed by atoms with E-state index in [4.69, 9.17) is 4.74 Å². The number of hydrogen-bond acceptors (Lipinski definition) is 5. The number of aromatic nitrogens is 1. The van der Waals surface area contributed by atoms with Crippen LogP contribution in [0.3, 0.4) is 0 Å². The Kier molecular flexibility index (Phi) is 8.22. The highest BCUT2D eigenvalue weighted by Gasteiger charge is 2.17. The lowest BCUT2D eigenvalue weighted by molar-refractivity contribution is 0.0678. The number of carbonyl (C=O) groups is 2. The number of hydrogen-bond donors (Lipinski definition) is 4. The average Bonchev–Trinajstić information content (AvgIpc) is 3.24. The Bertz CT molecular complexity index is 1380. The van der Waals surface area contributed by atoms with E-state index in [9.17, 15) is 24.9 Å². The average molecular weight is 503 g/mol. The monoisotopic (exact) mass is 502 g/mol. The SMILES string of the molecule is CC(Cc1ccc2c(c1)cc(C(=O)O)n2Cc1cccc(C(=O)O)c1)NC[C@H](O)COc1ccccc1. The summed E-state index contributed by atoms with van der Waals surface area (Å²) in [6, 6.07) is 23.4. The second-order valence-electron chi connectivity index (χ2n) is 9.11. The normalized spacial score (nSPS) is 12.8. The third kappa shape index (κ3) is 6.75. The van der Waals surface area contributed by atoms with Crippen LogP contribution in [0.2, 0.25) is 0 Å². The van der Waals surface area contributed by atoms with Crippen molar-refractivity contribution < 1.29 is 29.6 Å². The van der Waals surface area contributed by atoms with Crippen LogP contribution in [0.5, 0.6) is 5.75 Å². The summed E-state index contributed by atoms with van der Waals surface area (Å²) in [6.45, 7) is 2.84. The Morgan fingerprint density at radius 2 is 1.70 bits per heavy atom. The van der Waals surface area contributed by atoms with Gasteiger partial charge in [0.25, 0.3) is 0 Å². The molecular formula is C29H30N2O6. The van der Waals surface area contributed by atoms with Crippen LogP contribution in [0.4, 0.5) is 0 Å². The minimum Gasteiger partial charge on any atom is -0.491 e. The van der Waals surface area contributed by atoms with E-state index in [1.165, 1.54) is 6.07 Å². The van der Waals surface area contributed by atoms with Crippen molar-refractivity contribution in [3.63, 3.8) is 0 Å². The Hall–Kier alpha value is -4.14. The zero-order valence-electron chi connectivity index (χ0n) is 20.5. The third-order valence-corrected chi connectivity index (χ3v) is 6.13. The molecule has 4 N–H and O–H groups in total. The van der Waals surface area contributed by atoms with Gasteiger partial charge in [-0.25, -0.2) is 9.59 Å². The number of rotatable bonds is 12. The molecule has 0 aliphatic rings. The van der Waals surface area contributed by atoms with Gasteiger partial charge in [-0.1, -0.05) is 36.4 Å². The number of benzene rings is 3. The molecule has 0 saturated heterocycles. The van der Waals surface area contributed by atoms with Gasteiger partial charge in [-0.2, -0.15) is 0 Å². The van der Waals surface area contributed by atoms with E-state index in [1.54, 1.807) is 28.8 Å². The minimum atomic E-state index is -1.05. The van der Waals surface area contributed by atoms with Crippen molar-refractivity contribution in [2.45, 2.75) is 32.0 Å². The Labute approximate surface area is 214 Å². The van der Waals surface area contributed by atoms with Gasteiger partial charge >= 0.3 is 11.9 Å². The molecule has 0 amide bonds. The van der Waals surface area contributed by atoms with Crippen molar-refractivity contribution in [2.75, 3.05) is 13.2 Å². The van der Waals surface area contributed by atoms with E-state index in [0.29, 0.717) is 24.3 Å². The lowest BCUT2D eigenvalue weighted by Crippen LogP contribution is -2.37. The van der Waals surface area contributed by atoms with Crippen molar-refractivity contribution in [1.82, 2.24) is 9.88 Å². The molecule has 0 spiro atoms. The van der Waals surface area contributed by atoms with Crippen LogP contribution < -0.4 is 10.1 Å². The lowest BCUT2D eigenvalue weighted by Gasteiger charge is -2.18. The van der Waals surface area contributed by atoms with E-state index in [1.807, 2.05) is 55.5 Å². The predicted octanol–water partition coefficient (Wildman–Crippen LogP) is 4.05. The van der Waals surface area contributed by atoms with Crippen molar-refractivity contribution in [2.24, 2.45) is 0 Å². The van der Waals surface area contributed by atoms with Crippen LogP contribution in [0.15, 0.2) is 78.9 Å². The molecular weight excluding hydrogens is 472 g/mol.